The number of carboxylic acids is 1. The molecule has 5 N–H and O–H groups in total. The lowest BCUT2D eigenvalue weighted by Crippen LogP contribution is -2.52. The number of rotatable bonds is 15. The molecule has 63 heavy (non-hydrogen) atoms. The van der Waals surface area contributed by atoms with E-state index < -0.39 is 59.9 Å². The fraction of sp³-hybridized carbons (Fsp3) is 0.304. The van der Waals surface area contributed by atoms with Crippen molar-refractivity contribution in [2.45, 2.75) is 90.3 Å². The minimum atomic E-state index is -1.94. The fourth-order valence-electron chi connectivity index (χ4n) is 7.74. The maximum Gasteiger partial charge on any atom is 0.514 e. The van der Waals surface area contributed by atoms with Crippen molar-refractivity contribution in [2.75, 3.05) is 5.32 Å². The van der Waals surface area contributed by atoms with Crippen molar-refractivity contribution < 1.29 is 53.2 Å². The number of hydrogen-bond acceptors (Lipinski definition) is 12. The summed E-state index contributed by atoms with van der Waals surface area (Å²) in [6.45, 7) is 4.94. The van der Waals surface area contributed by atoms with Gasteiger partial charge in [0.1, 0.15) is 31.0 Å². The quantitative estimate of drug-likeness (QED) is 0.0712. The van der Waals surface area contributed by atoms with Gasteiger partial charge in [0.15, 0.2) is 5.60 Å². The Morgan fingerprint density at radius 1 is 0.905 bits per heavy atom. The lowest BCUT2D eigenvalue weighted by molar-refractivity contribution is -0.172. The number of pyridine rings is 2. The average Bonchev–Trinajstić information content (AvgIpc) is 3.64. The van der Waals surface area contributed by atoms with Gasteiger partial charge >= 0.3 is 18.1 Å². The van der Waals surface area contributed by atoms with E-state index in [0.717, 1.165) is 16.7 Å². The summed E-state index contributed by atoms with van der Waals surface area (Å²) in [5.74, 6) is -3.50. The average molecular weight is 860 g/mol. The molecular formula is C46H45N5O12. The van der Waals surface area contributed by atoms with E-state index in [2.05, 4.69) is 16.0 Å². The van der Waals surface area contributed by atoms with E-state index in [-0.39, 0.29) is 61.5 Å². The van der Waals surface area contributed by atoms with Gasteiger partial charge in [-0.3, -0.25) is 24.0 Å². The Morgan fingerprint density at radius 3 is 2.35 bits per heavy atom. The second-order valence-corrected chi connectivity index (χ2v) is 15.3. The molecule has 17 nitrogen and oxygen atoms in total. The number of nitrogens with zero attached hydrogens (tertiary/aromatic N) is 2. The van der Waals surface area contributed by atoms with Gasteiger partial charge in [0.05, 0.1) is 35.4 Å². The van der Waals surface area contributed by atoms with E-state index in [0.29, 0.717) is 40.0 Å². The number of aliphatic carboxylic acids is 1. The minimum Gasteiger partial charge on any atom is -0.481 e. The third kappa shape index (κ3) is 9.28. The number of aryl methyl sites for hydroxylation is 1. The molecule has 0 saturated heterocycles. The molecule has 17 heteroatoms. The van der Waals surface area contributed by atoms with Gasteiger partial charge in [-0.1, -0.05) is 56.3 Å². The summed E-state index contributed by atoms with van der Waals surface area (Å²) in [6.07, 6.45) is -0.948. The van der Waals surface area contributed by atoms with Crippen LogP contribution in [0.15, 0.2) is 83.7 Å². The normalized spacial score (nSPS) is 15.8. The van der Waals surface area contributed by atoms with Gasteiger partial charge in [0.25, 0.3) is 5.56 Å². The van der Waals surface area contributed by atoms with Gasteiger partial charge in [-0.05, 0) is 72.9 Å². The van der Waals surface area contributed by atoms with Crippen molar-refractivity contribution in [1.29, 1.82) is 0 Å². The number of ether oxygens (including phenoxy) is 3. The minimum absolute atomic E-state index is 0.0327. The second-order valence-electron chi connectivity index (χ2n) is 15.3. The Kier molecular flexibility index (Phi) is 12.7. The van der Waals surface area contributed by atoms with Crippen LogP contribution in [0.25, 0.3) is 22.3 Å². The standard InChI is InChI=1S/C46H45N5O12/c1-4-30-31-20-29(15-16-35(31)50-40-32(30)22-51-37(40)21-34-33(43(51)57)24-61-44(58)46(34,60)5-2)63-45(59)62-23-27-11-13-28(14-12-27)48-41(55)25(3)47-42(56)36(19-26-9-7-6-8-10-26)49-38(52)17-18-39(53)54/h6-16,20-21,25,36,60H,4-5,17-19,22-24H2,1-3H3,(H,47,56)(H,48,55)(H,49,52)(H,53,54)/t25-,36-,46-/m0/s1. The first-order valence-corrected chi connectivity index (χ1v) is 20.4. The highest BCUT2D eigenvalue weighted by atomic mass is 16.7. The predicted octanol–water partition coefficient (Wildman–Crippen LogP) is 4.39. The maximum atomic E-state index is 13.7. The number of carbonyl (C=O) groups excluding carboxylic acids is 5. The topological polar surface area (TPSA) is 242 Å². The number of esters is 1. The molecule has 0 saturated carbocycles. The molecule has 0 aliphatic carbocycles. The van der Waals surface area contributed by atoms with Crippen molar-refractivity contribution in [1.82, 2.24) is 20.2 Å². The van der Waals surface area contributed by atoms with E-state index in [1.54, 1.807) is 90.4 Å². The zero-order valence-electron chi connectivity index (χ0n) is 34.7. The second kappa shape index (κ2) is 18.3. The van der Waals surface area contributed by atoms with Crippen LogP contribution in [0, 0.1) is 0 Å². The van der Waals surface area contributed by atoms with Crippen molar-refractivity contribution in [3.63, 3.8) is 0 Å². The van der Waals surface area contributed by atoms with E-state index >= 15 is 0 Å². The smallest absolute Gasteiger partial charge is 0.481 e. The number of carbonyl (C=O) groups is 6. The van der Waals surface area contributed by atoms with E-state index in [4.69, 9.17) is 24.3 Å². The zero-order valence-corrected chi connectivity index (χ0v) is 34.7. The van der Waals surface area contributed by atoms with Crippen LogP contribution in [0.4, 0.5) is 10.5 Å². The van der Waals surface area contributed by atoms with Gasteiger partial charge in [-0.2, -0.15) is 0 Å². The monoisotopic (exact) mass is 859 g/mol. The molecule has 0 unspecified atom stereocenters. The molecule has 0 radical (unpaired) electrons. The molecule has 5 aromatic rings. The zero-order chi connectivity index (χ0) is 45.0. The summed E-state index contributed by atoms with van der Waals surface area (Å²) in [7, 11) is 0. The van der Waals surface area contributed by atoms with Crippen LogP contribution in [0.1, 0.15) is 73.4 Å². The molecule has 0 bridgehead atoms. The van der Waals surface area contributed by atoms with Crippen LogP contribution >= 0.6 is 0 Å². The lowest BCUT2D eigenvalue weighted by atomic mass is 9.86. The van der Waals surface area contributed by atoms with Crippen LogP contribution < -0.4 is 26.2 Å². The third-order valence-electron chi connectivity index (χ3n) is 11.2. The van der Waals surface area contributed by atoms with Gasteiger partial charge < -0.3 is 44.9 Å². The summed E-state index contributed by atoms with van der Waals surface area (Å²) in [6, 6.07) is 19.9. The van der Waals surface area contributed by atoms with Crippen molar-refractivity contribution in [2.24, 2.45) is 0 Å². The summed E-state index contributed by atoms with van der Waals surface area (Å²) in [5, 5.41) is 28.7. The Bertz CT molecular complexity index is 2700. The van der Waals surface area contributed by atoms with Crippen LogP contribution in [0.2, 0.25) is 0 Å². The third-order valence-corrected chi connectivity index (χ3v) is 11.2. The Hall–Kier alpha value is -7.40. The summed E-state index contributed by atoms with van der Waals surface area (Å²) < 4.78 is 17.7. The molecule has 3 amide bonds. The van der Waals surface area contributed by atoms with E-state index in [9.17, 15) is 38.7 Å². The highest BCUT2D eigenvalue weighted by Crippen LogP contribution is 2.41. The lowest BCUT2D eigenvalue weighted by Gasteiger charge is -2.31. The molecule has 2 aliphatic heterocycles. The predicted molar refractivity (Wildman–Crippen MR) is 226 cm³/mol. The number of hydrogen-bond donors (Lipinski definition) is 5. The molecule has 0 spiro atoms. The fourth-order valence-corrected chi connectivity index (χ4v) is 7.74. The van der Waals surface area contributed by atoms with Crippen LogP contribution in [-0.4, -0.2) is 67.7 Å². The van der Waals surface area contributed by atoms with Crippen LogP contribution in [0.5, 0.6) is 5.75 Å². The Labute approximate surface area is 360 Å². The molecule has 7 rings (SSSR count). The van der Waals surface area contributed by atoms with Crippen LogP contribution in [0.3, 0.4) is 0 Å². The first kappa shape index (κ1) is 43.7. The van der Waals surface area contributed by atoms with Crippen molar-refractivity contribution in [3.05, 3.63) is 123 Å². The number of anilines is 1. The summed E-state index contributed by atoms with van der Waals surface area (Å²) in [5.41, 5.74) is 3.25. The Morgan fingerprint density at radius 2 is 1.65 bits per heavy atom. The van der Waals surface area contributed by atoms with E-state index in [1.165, 1.54) is 6.92 Å². The van der Waals surface area contributed by atoms with Crippen LogP contribution in [-0.2, 0) is 71.6 Å². The molecule has 326 valence electrons. The molecule has 2 aromatic heterocycles. The number of benzene rings is 3. The summed E-state index contributed by atoms with van der Waals surface area (Å²) in [4.78, 5) is 93.5. The van der Waals surface area contributed by atoms with Gasteiger partial charge in [-0.15, -0.1) is 0 Å². The molecule has 2 aliphatic rings. The highest BCUT2D eigenvalue weighted by Gasteiger charge is 2.45. The van der Waals surface area contributed by atoms with Crippen molar-refractivity contribution in [3.8, 4) is 17.1 Å². The number of aliphatic hydroxyl groups is 1. The number of fused-ring (bicyclic) bond motifs is 5. The molecule has 4 heterocycles. The highest BCUT2D eigenvalue weighted by molar-refractivity contribution is 5.98. The van der Waals surface area contributed by atoms with Gasteiger partial charge in [0.2, 0.25) is 17.7 Å². The van der Waals surface area contributed by atoms with Crippen molar-refractivity contribution >= 4 is 52.4 Å². The number of nitrogens with one attached hydrogen (secondary N) is 3. The molecular weight excluding hydrogens is 815 g/mol. The number of carboxylic acid groups (broad SMARTS) is 1. The molecule has 3 aromatic carbocycles. The number of amides is 3. The SMILES string of the molecule is CCc1c2c(nc3ccc(OC(=O)OCc4ccc(NC(=O)[C@H](C)NC(=O)[C@H](Cc5ccccc5)NC(=O)CCC(=O)O)cc4)cc13)-c1cc3c(c(=O)n1C2)COC(=O)[C@]3(O)CC. The van der Waals surface area contributed by atoms with Gasteiger partial charge in [-0.25, -0.2) is 14.6 Å². The number of cyclic esters (lactones) is 1. The first-order chi connectivity index (χ1) is 30.2. The molecule has 3 atom stereocenters. The van der Waals surface area contributed by atoms with Gasteiger partial charge in [0, 0.05) is 35.0 Å². The Balaban J connectivity index is 0.952. The molecule has 0 fully saturated rings. The number of aromatic nitrogens is 2. The van der Waals surface area contributed by atoms with E-state index in [1.807, 2.05) is 6.92 Å². The maximum absolute atomic E-state index is 13.7. The summed E-state index contributed by atoms with van der Waals surface area (Å²) >= 11 is 0. The largest absolute Gasteiger partial charge is 0.514 e. The first-order valence-electron chi connectivity index (χ1n) is 20.4.